The number of aromatic nitrogens is 5. The number of nitrogens with zero attached hydrogens (tertiary/aromatic N) is 5. The predicted molar refractivity (Wildman–Crippen MR) is 83.8 cm³/mol. The van der Waals surface area contributed by atoms with E-state index in [1.165, 1.54) is 0 Å². The fourth-order valence-electron chi connectivity index (χ4n) is 2.70. The van der Waals surface area contributed by atoms with E-state index in [9.17, 15) is 0 Å². The molecule has 6 heteroatoms. The zero-order valence-electron chi connectivity index (χ0n) is 12.7. The summed E-state index contributed by atoms with van der Waals surface area (Å²) in [7, 11) is 0. The molecule has 1 atom stereocenters. The average molecular weight is 294 g/mol. The Morgan fingerprint density at radius 3 is 3.00 bits per heavy atom. The smallest absolute Gasteiger partial charge is 0.141 e. The second-order valence-corrected chi connectivity index (χ2v) is 5.82. The van der Waals surface area contributed by atoms with Gasteiger partial charge in [-0.25, -0.2) is 9.97 Å². The Hall–Kier alpha value is -2.68. The summed E-state index contributed by atoms with van der Waals surface area (Å²) in [4.78, 5) is 11.7. The molecule has 22 heavy (non-hydrogen) atoms. The minimum absolute atomic E-state index is 0.0994. The normalized spacial score (nSPS) is 12.6. The van der Waals surface area contributed by atoms with E-state index >= 15 is 0 Å². The van der Waals surface area contributed by atoms with Crippen LogP contribution in [0.25, 0.3) is 22.3 Å². The van der Waals surface area contributed by atoms with Crippen LogP contribution in [-0.4, -0.2) is 24.7 Å². The lowest BCUT2D eigenvalue weighted by Crippen LogP contribution is -2.11. The quantitative estimate of drug-likeness (QED) is 0.782. The molecule has 112 valence electrons. The molecule has 0 aliphatic heterocycles. The van der Waals surface area contributed by atoms with Crippen molar-refractivity contribution in [1.82, 2.24) is 24.7 Å². The molecule has 0 fully saturated rings. The third-order valence-electron chi connectivity index (χ3n) is 3.67. The van der Waals surface area contributed by atoms with Gasteiger partial charge in [-0.15, -0.1) is 0 Å². The Morgan fingerprint density at radius 2 is 2.23 bits per heavy atom. The summed E-state index contributed by atoms with van der Waals surface area (Å²) in [5, 5.41) is 14.5. The molecule has 0 saturated carbocycles. The van der Waals surface area contributed by atoms with E-state index in [1.54, 1.807) is 12.5 Å². The van der Waals surface area contributed by atoms with Gasteiger partial charge >= 0.3 is 0 Å². The highest BCUT2D eigenvalue weighted by atomic mass is 15.3. The molecule has 3 aromatic heterocycles. The van der Waals surface area contributed by atoms with Crippen molar-refractivity contribution in [2.75, 3.05) is 0 Å². The van der Waals surface area contributed by atoms with Crippen LogP contribution in [0.4, 0.5) is 0 Å². The van der Waals surface area contributed by atoms with Crippen LogP contribution in [-0.2, 0) is 0 Å². The molecule has 0 radical (unpaired) electrons. The molecule has 0 aliphatic rings. The molecular weight excluding hydrogens is 276 g/mol. The van der Waals surface area contributed by atoms with Crippen molar-refractivity contribution in [3.63, 3.8) is 0 Å². The Kier molecular flexibility index (Phi) is 3.88. The molecule has 1 N–H and O–H groups in total. The molecule has 0 spiro atoms. The zero-order chi connectivity index (χ0) is 15.5. The van der Waals surface area contributed by atoms with Gasteiger partial charge in [-0.05, 0) is 18.4 Å². The van der Waals surface area contributed by atoms with E-state index in [-0.39, 0.29) is 6.04 Å². The highest BCUT2D eigenvalue weighted by Crippen LogP contribution is 2.27. The van der Waals surface area contributed by atoms with Crippen LogP contribution in [0.1, 0.15) is 32.7 Å². The number of nitriles is 1. The zero-order valence-corrected chi connectivity index (χ0v) is 12.7. The monoisotopic (exact) mass is 294 g/mol. The van der Waals surface area contributed by atoms with Gasteiger partial charge in [0.05, 0.1) is 30.4 Å². The van der Waals surface area contributed by atoms with Crippen LogP contribution in [0, 0.1) is 17.2 Å². The number of hydrogen-bond donors (Lipinski definition) is 1. The highest BCUT2D eigenvalue weighted by molar-refractivity contribution is 5.89. The van der Waals surface area contributed by atoms with Crippen molar-refractivity contribution < 1.29 is 0 Å². The van der Waals surface area contributed by atoms with Gasteiger partial charge in [0.25, 0.3) is 0 Å². The first-order valence-corrected chi connectivity index (χ1v) is 7.38. The summed E-state index contributed by atoms with van der Waals surface area (Å²) in [5.41, 5.74) is 2.62. The molecule has 0 unspecified atom stereocenters. The Labute approximate surface area is 128 Å². The van der Waals surface area contributed by atoms with Gasteiger partial charge in [0.1, 0.15) is 12.0 Å². The van der Waals surface area contributed by atoms with Crippen LogP contribution >= 0.6 is 0 Å². The number of rotatable bonds is 5. The Morgan fingerprint density at radius 1 is 1.36 bits per heavy atom. The number of fused-ring (bicyclic) bond motifs is 1. The average Bonchev–Trinajstić information content (AvgIpc) is 3.15. The highest BCUT2D eigenvalue weighted by Gasteiger charge is 2.16. The van der Waals surface area contributed by atoms with Crippen LogP contribution < -0.4 is 0 Å². The van der Waals surface area contributed by atoms with Crippen molar-refractivity contribution in [1.29, 1.82) is 5.26 Å². The lowest BCUT2D eigenvalue weighted by molar-refractivity contribution is 0.377. The summed E-state index contributed by atoms with van der Waals surface area (Å²) < 4.78 is 1.89. The Balaban J connectivity index is 1.96. The second kappa shape index (κ2) is 5.98. The van der Waals surface area contributed by atoms with Crippen molar-refractivity contribution in [2.24, 2.45) is 5.92 Å². The van der Waals surface area contributed by atoms with Gasteiger partial charge in [-0.2, -0.15) is 10.4 Å². The predicted octanol–water partition coefficient (Wildman–Crippen LogP) is 3.32. The fraction of sp³-hybridized carbons (Fsp3) is 0.375. The molecule has 0 aliphatic carbocycles. The molecule has 3 heterocycles. The summed E-state index contributed by atoms with van der Waals surface area (Å²) in [6.45, 7) is 4.31. The topological polar surface area (TPSA) is 83.2 Å². The van der Waals surface area contributed by atoms with Crippen molar-refractivity contribution >= 4 is 11.0 Å². The molecule has 3 rings (SSSR count). The van der Waals surface area contributed by atoms with Gasteiger partial charge in [-0.1, -0.05) is 13.8 Å². The second-order valence-electron chi connectivity index (χ2n) is 5.82. The summed E-state index contributed by atoms with van der Waals surface area (Å²) in [5.74, 6) is 0.515. The number of hydrogen-bond acceptors (Lipinski definition) is 4. The SMILES string of the molecule is CC(C)C[C@H](CC#N)n1cc(-c2ncnc3[nH]ccc23)cn1. The van der Waals surface area contributed by atoms with E-state index in [2.05, 4.69) is 40.0 Å². The largest absolute Gasteiger partial charge is 0.346 e. The van der Waals surface area contributed by atoms with E-state index in [1.807, 2.05) is 23.1 Å². The third-order valence-corrected chi connectivity index (χ3v) is 3.67. The number of H-pyrrole nitrogens is 1. The first-order valence-electron chi connectivity index (χ1n) is 7.38. The van der Waals surface area contributed by atoms with E-state index in [0.717, 1.165) is 28.7 Å². The van der Waals surface area contributed by atoms with Gasteiger partial charge in [0, 0.05) is 23.3 Å². The molecule has 0 bridgehead atoms. The minimum Gasteiger partial charge on any atom is -0.346 e. The van der Waals surface area contributed by atoms with E-state index < -0.39 is 0 Å². The molecular formula is C16H18N6. The lowest BCUT2D eigenvalue weighted by atomic mass is 10.0. The van der Waals surface area contributed by atoms with Gasteiger partial charge in [0.2, 0.25) is 0 Å². The minimum atomic E-state index is 0.0994. The van der Waals surface area contributed by atoms with E-state index in [0.29, 0.717) is 12.3 Å². The molecule has 6 nitrogen and oxygen atoms in total. The Bertz CT molecular complexity index is 807. The fourth-order valence-corrected chi connectivity index (χ4v) is 2.70. The van der Waals surface area contributed by atoms with Crippen LogP contribution in [0.5, 0.6) is 0 Å². The number of nitrogens with one attached hydrogen (secondary N) is 1. The maximum Gasteiger partial charge on any atom is 0.141 e. The first kappa shape index (κ1) is 14.3. The van der Waals surface area contributed by atoms with Gasteiger partial charge in [0.15, 0.2) is 0 Å². The molecule has 3 aromatic rings. The van der Waals surface area contributed by atoms with Crippen LogP contribution in [0.15, 0.2) is 31.0 Å². The van der Waals surface area contributed by atoms with Crippen molar-refractivity contribution in [2.45, 2.75) is 32.7 Å². The maximum atomic E-state index is 9.03. The lowest BCUT2D eigenvalue weighted by Gasteiger charge is -2.16. The molecule has 0 aromatic carbocycles. The number of aromatic amines is 1. The van der Waals surface area contributed by atoms with E-state index in [4.69, 9.17) is 5.26 Å². The van der Waals surface area contributed by atoms with Crippen molar-refractivity contribution in [3.05, 3.63) is 31.0 Å². The molecule has 0 saturated heterocycles. The third kappa shape index (κ3) is 2.70. The van der Waals surface area contributed by atoms with Gasteiger partial charge < -0.3 is 4.98 Å². The standard InChI is InChI=1S/C16H18N6/c1-11(2)7-13(3-5-17)22-9-12(8-21-22)15-14-4-6-18-16(14)20-10-19-15/h4,6,8-11,13H,3,7H2,1-2H3,(H,18,19,20)/t13-/m0/s1. The van der Waals surface area contributed by atoms with Gasteiger partial charge in [-0.3, -0.25) is 4.68 Å². The summed E-state index contributed by atoms with van der Waals surface area (Å²) in [6.07, 6.45) is 8.57. The molecule has 0 amide bonds. The first-order chi connectivity index (χ1) is 10.7. The van der Waals surface area contributed by atoms with Crippen molar-refractivity contribution in [3.8, 4) is 17.3 Å². The van der Waals surface area contributed by atoms with Crippen LogP contribution in [0.3, 0.4) is 0 Å². The summed E-state index contributed by atoms with van der Waals surface area (Å²) >= 11 is 0. The summed E-state index contributed by atoms with van der Waals surface area (Å²) in [6, 6.07) is 4.32. The maximum absolute atomic E-state index is 9.03. The van der Waals surface area contributed by atoms with Crippen LogP contribution in [0.2, 0.25) is 0 Å².